The first-order valence-electron chi connectivity index (χ1n) is 8.50. The van der Waals surface area contributed by atoms with E-state index in [4.69, 9.17) is 10.2 Å². The van der Waals surface area contributed by atoms with Crippen molar-refractivity contribution in [2.24, 2.45) is 5.73 Å². The molecule has 2 amide bonds. The molecule has 0 aliphatic heterocycles. The summed E-state index contributed by atoms with van der Waals surface area (Å²) in [7, 11) is -1.99. The molecule has 1 rings (SSSR count). The molecule has 0 spiro atoms. The molecule has 26 heavy (non-hydrogen) atoms. The summed E-state index contributed by atoms with van der Waals surface area (Å²) in [4.78, 5) is 23.7. The Morgan fingerprint density at radius 1 is 1.23 bits per heavy atom. The number of amides is 2. The maximum absolute atomic E-state index is 13.6. The molecule has 1 aromatic rings. The fraction of sp³-hybridized carbons (Fsp3) is 0.556. The fourth-order valence-corrected chi connectivity index (χ4v) is 3.10. The first-order chi connectivity index (χ1) is 11.8. The van der Waals surface area contributed by atoms with Crippen LogP contribution in [0.2, 0.25) is 18.1 Å². The van der Waals surface area contributed by atoms with E-state index in [0.29, 0.717) is 0 Å². The highest BCUT2D eigenvalue weighted by Crippen LogP contribution is 2.36. The molecule has 0 aromatic heterocycles. The molecule has 3 N–H and O–H groups in total. The molecule has 5 nitrogen and oxygen atoms in total. The molecule has 0 bridgehead atoms. The van der Waals surface area contributed by atoms with Gasteiger partial charge in [0.2, 0.25) is 11.8 Å². The Labute approximate surface area is 154 Å². The maximum atomic E-state index is 13.6. The number of halogens is 2. The van der Waals surface area contributed by atoms with Gasteiger partial charge in [-0.15, -0.1) is 0 Å². The minimum Gasteiger partial charge on any atom is -0.417 e. The molecule has 1 aromatic carbocycles. The lowest BCUT2D eigenvalue weighted by molar-refractivity contribution is -0.127. The van der Waals surface area contributed by atoms with Crippen molar-refractivity contribution in [2.75, 3.05) is 6.61 Å². The summed E-state index contributed by atoms with van der Waals surface area (Å²) in [5.74, 6) is -3.01. The Morgan fingerprint density at radius 3 is 2.23 bits per heavy atom. The maximum Gasteiger partial charge on any atom is 0.240 e. The van der Waals surface area contributed by atoms with Crippen molar-refractivity contribution in [3.63, 3.8) is 0 Å². The van der Waals surface area contributed by atoms with Gasteiger partial charge in [-0.05, 0) is 36.7 Å². The lowest BCUT2D eigenvalue weighted by Gasteiger charge is -2.36. The monoisotopic (exact) mass is 386 g/mol. The molecule has 8 heteroatoms. The molecule has 0 aliphatic rings. The summed E-state index contributed by atoms with van der Waals surface area (Å²) in [6.07, 6.45) is -0.307. The number of primary amides is 1. The number of benzene rings is 1. The highest BCUT2D eigenvalue weighted by atomic mass is 28.4. The summed E-state index contributed by atoms with van der Waals surface area (Å²) < 4.78 is 33.2. The third kappa shape index (κ3) is 6.17. The Morgan fingerprint density at radius 2 is 1.77 bits per heavy atom. The summed E-state index contributed by atoms with van der Waals surface area (Å²) in [6.45, 7) is 10.7. The van der Waals surface area contributed by atoms with Gasteiger partial charge in [0.1, 0.15) is 17.7 Å². The summed E-state index contributed by atoms with van der Waals surface area (Å²) in [6, 6.07) is 2.41. The third-order valence-electron chi connectivity index (χ3n) is 4.75. The van der Waals surface area contributed by atoms with Crippen LogP contribution in [-0.2, 0) is 20.4 Å². The number of rotatable bonds is 8. The van der Waals surface area contributed by atoms with Crippen molar-refractivity contribution in [3.05, 3.63) is 35.4 Å². The molecule has 0 heterocycles. The molecule has 1 atom stereocenters. The van der Waals surface area contributed by atoms with E-state index in [0.717, 1.165) is 12.1 Å². The van der Waals surface area contributed by atoms with E-state index < -0.39 is 44.2 Å². The highest BCUT2D eigenvalue weighted by molar-refractivity contribution is 6.74. The first kappa shape index (κ1) is 22.2. The van der Waals surface area contributed by atoms with Crippen LogP contribution in [0.3, 0.4) is 0 Å². The van der Waals surface area contributed by atoms with Crippen LogP contribution in [0, 0.1) is 11.6 Å². The Kier molecular flexibility index (Phi) is 7.46. The number of hydrogen-bond acceptors (Lipinski definition) is 3. The second-order valence-corrected chi connectivity index (χ2v) is 12.6. The van der Waals surface area contributed by atoms with Crippen LogP contribution in [0.1, 0.15) is 32.8 Å². The van der Waals surface area contributed by atoms with Gasteiger partial charge in [-0.1, -0.05) is 26.8 Å². The largest absolute Gasteiger partial charge is 0.417 e. The van der Waals surface area contributed by atoms with E-state index in [9.17, 15) is 18.4 Å². The fourth-order valence-electron chi connectivity index (χ4n) is 2.04. The van der Waals surface area contributed by atoms with Gasteiger partial charge in [0.25, 0.3) is 0 Å². The quantitative estimate of drug-likeness (QED) is 0.674. The van der Waals surface area contributed by atoms with E-state index in [1.54, 1.807) is 0 Å². The normalized spacial score (nSPS) is 13.3. The van der Waals surface area contributed by atoms with Gasteiger partial charge in [0.05, 0.1) is 6.42 Å². The van der Waals surface area contributed by atoms with Gasteiger partial charge in [-0.3, -0.25) is 9.59 Å². The van der Waals surface area contributed by atoms with Crippen molar-refractivity contribution in [2.45, 2.75) is 57.8 Å². The van der Waals surface area contributed by atoms with Crippen molar-refractivity contribution in [1.82, 2.24) is 5.32 Å². The number of nitrogens with two attached hydrogens (primary N) is 1. The second kappa shape index (κ2) is 8.72. The van der Waals surface area contributed by atoms with E-state index >= 15 is 0 Å². The minimum atomic E-state index is -1.99. The summed E-state index contributed by atoms with van der Waals surface area (Å²) in [5.41, 5.74) is 4.99. The van der Waals surface area contributed by atoms with Crippen LogP contribution < -0.4 is 11.1 Å². The topological polar surface area (TPSA) is 81.4 Å². The highest BCUT2D eigenvalue weighted by Gasteiger charge is 2.37. The Bertz CT molecular complexity index is 640. The molecule has 0 saturated heterocycles. The van der Waals surface area contributed by atoms with Gasteiger partial charge in [0.15, 0.2) is 8.32 Å². The van der Waals surface area contributed by atoms with E-state index in [1.807, 2.05) is 0 Å². The molecule has 0 fully saturated rings. The SMILES string of the molecule is CC(C)(C)[Si](C)(C)OCC[C@@H](NC(=O)Cc1c(F)cccc1F)C(N)=O. The van der Waals surface area contributed by atoms with Crippen molar-refractivity contribution in [3.8, 4) is 0 Å². The van der Waals surface area contributed by atoms with Crippen molar-refractivity contribution in [1.29, 1.82) is 0 Å². The molecular formula is C18H28F2N2O3Si. The lowest BCUT2D eigenvalue weighted by atomic mass is 10.1. The Hall–Kier alpha value is -1.80. The number of nitrogens with one attached hydrogen (secondary N) is 1. The Balaban J connectivity index is 2.66. The zero-order valence-electron chi connectivity index (χ0n) is 16.0. The summed E-state index contributed by atoms with van der Waals surface area (Å²) >= 11 is 0. The van der Waals surface area contributed by atoms with Gasteiger partial charge in [0, 0.05) is 12.2 Å². The molecule has 146 valence electrons. The number of hydrogen-bond donors (Lipinski definition) is 2. The number of carbonyl (C=O) groups excluding carboxylic acids is 2. The third-order valence-corrected chi connectivity index (χ3v) is 9.29. The molecule has 0 saturated carbocycles. The van der Waals surface area contributed by atoms with Crippen molar-refractivity contribution >= 4 is 20.1 Å². The average Bonchev–Trinajstić information content (AvgIpc) is 2.48. The predicted octanol–water partition coefficient (Wildman–Crippen LogP) is 2.89. The van der Waals surface area contributed by atoms with Gasteiger partial charge >= 0.3 is 0 Å². The molecular weight excluding hydrogens is 358 g/mol. The van der Waals surface area contributed by atoms with Crippen LogP contribution in [0.5, 0.6) is 0 Å². The van der Waals surface area contributed by atoms with Gasteiger partial charge in [-0.25, -0.2) is 8.78 Å². The van der Waals surface area contributed by atoms with E-state index in [-0.39, 0.29) is 23.6 Å². The minimum absolute atomic E-state index is 0.0147. The smallest absolute Gasteiger partial charge is 0.240 e. The van der Waals surface area contributed by atoms with E-state index in [1.165, 1.54) is 6.07 Å². The van der Waals surface area contributed by atoms with Crippen LogP contribution in [0.25, 0.3) is 0 Å². The van der Waals surface area contributed by atoms with E-state index in [2.05, 4.69) is 39.2 Å². The van der Waals surface area contributed by atoms with Crippen LogP contribution >= 0.6 is 0 Å². The molecule has 0 aliphatic carbocycles. The zero-order valence-corrected chi connectivity index (χ0v) is 17.0. The van der Waals surface area contributed by atoms with Gasteiger partial charge < -0.3 is 15.5 Å². The van der Waals surface area contributed by atoms with Crippen LogP contribution in [0.4, 0.5) is 8.78 Å². The first-order valence-corrected chi connectivity index (χ1v) is 11.4. The number of carbonyl (C=O) groups is 2. The van der Waals surface area contributed by atoms with Crippen molar-refractivity contribution < 1.29 is 22.8 Å². The van der Waals surface area contributed by atoms with Crippen LogP contribution in [0.15, 0.2) is 18.2 Å². The standard InChI is InChI=1S/C18H28F2N2O3Si/c1-18(2,3)26(4,5)25-10-9-15(17(21)24)22-16(23)11-12-13(19)7-6-8-14(12)20/h6-8,15H,9-11H2,1-5H3,(H2,21,24)(H,22,23)/t15-/m1/s1. The van der Waals surface area contributed by atoms with Crippen LogP contribution in [-0.4, -0.2) is 32.8 Å². The molecule has 0 unspecified atom stereocenters. The summed E-state index contributed by atoms with van der Waals surface area (Å²) in [5, 5.41) is 2.45. The average molecular weight is 387 g/mol. The lowest BCUT2D eigenvalue weighted by Crippen LogP contribution is -2.47. The van der Waals surface area contributed by atoms with Gasteiger partial charge in [-0.2, -0.15) is 0 Å². The predicted molar refractivity (Wildman–Crippen MR) is 99.0 cm³/mol. The molecule has 0 radical (unpaired) electrons. The zero-order chi connectivity index (χ0) is 20.1. The second-order valence-electron chi connectivity index (χ2n) is 7.80.